The number of aliphatic carboxylic acids is 1. The molecule has 0 saturated heterocycles. The van der Waals surface area contributed by atoms with Crippen molar-refractivity contribution in [3.63, 3.8) is 0 Å². The average molecular weight is 278 g/mol. The lowest BCUT2D eigenvalue weighted by Gasteiger charge is -2.13. The van der Waals surface area contributed by atoms with Gasteiger partial charge in [-0.1, -0.05) is 12.8 Å². The first-order valence-electron chi connectivity index (χ1n) is 5.81. The monoisotopic (exact) mass is 278 g/mol. The Morgan fingerprint density at radius 3 is 2.44 bits per heavy atom. The van der Waals surface area contributed by atoms with Crippen LogP contribution in [0, 0.1) is 5.92 Å². The SMILES string of the molecule is NC(=O)CC[C@H](NS(=O)(=O)CCC1CC1)C(=O)O. The predicted molar refractivity (Wildman–Crippen MR) is 64.1 cm³/mol. The molecule has 1 aliphatic carbocycles. The maximum absolute atomic E-state index is 11.6. The number of primary amides is 1. The number of nitrogens with one attached hydrogen (secondary N) is 1. The van der Waals surface area contributed by atoms with Crippen LogP contribution >= 0.6 is 0 Å². The second-order valence-corrected chi connectivity index (χ2v) is 6.44. The quantitative estimate of drug-likeness (QED) is 0.520. The minimum absolute atomic E-state index is 0.0714. The normalized spacial score (nSPS) is 17.3. The number of carboxylic acid groups (broad SMARTS) is 1. The standard InChI is InChI=1S/C10H18N2O5S/c11-9(13)4-3-8(10(14)15)12-18(16,17)6-5-7-1-2-7/h7-8,12H,1-6H2,(H2,11,13)(H,14,15)/t8-/m0/s1. The van der Waals surface area contributed by atoms with Gasteiger partial charge >= 0.3 is 5.97 Å². The number of hydrogen-bond acceptors (Lipinski definition) is 4. The molecule has 0 aromatic carbocycles. The highest BCUT2D eigenvalue weighted by Gasteiger charge is 2.27. The summed E-state index contributed by atoms with van der Waals surface area (Å²) in [6.45, 7) is 0. The lowest BCUT2D eigenvalue weighted by atomic mass is 10.2. The van der Waals surface area contributed by atoms with Gasteiger partial charge in [-0.3, -0.25) is 9.59 Å². The molecule has 8 heteroatoms. The Kier molecular flexibility index (Phi) is 5.09. The van der Waals surface area contributed by atoms with Gasteiger partial charge in [0.2, 0.25) is 15.9 Å². The molecule has 1 fully saturated rings. The molecule has 7 nitrogen and oxygen atoms in total. The minimum Gasteiger partial charge on any atom is -0.480 e. The fourth-order valence-electron chi connectivity index (χ4n) is 1.52. The summed E-state index contributed by atoms with van der Waals surface area (Å²) in [7, 11) is -3.61. The molecule has 1 amide bonds. The van der Waals surface area contributed by atoms with E-state index < -0.39 is 27.9 Å². The molecule has 104 valence electrons. The molecule has 0 aromatic rings. The Hall–Kier alpha value is -1.15. The number of carbonyl (C=O) groups excluding carboxylic acids is 1. The molecule has 0 aromatic heterocycles. The highest BCUT2D eigenvalue weighted by atomic mass is 32.2. The van der Waals surface area contributed by atoms with Gasteiger partial charge in [0.1, 0.15) is 6.04 Å². The van der Waals surface area contributed by atoms with Gasteiger partial charge in [-0.2, -0.15) is 0 Å². The maximum atomic E-state index is 11.6. The summed E-state index contributed by atoms with van der Waals surface area (Å²) < 4.78 is 25.4. The number of hydrogen-bond donors (Lipinski definition) is 3. The molecule has 0 aliphatic heterocycles. The largest absolute Gasteiger partial charge is 0.480 e. The number of amides is 1. The molecule has 1 atom stereocenters. The lowest BCUT2D eigenvalue weighted by molar-refractivity contribution is -0.139. The van der Waals surface area contributed by atoms with E-state index in [-0.39, 0.29) is 18.6 Å². The lowest BCUT2D eigenvalue weighted by Crippen LogP contribution is -2.42. The Morgan fingerprint density at radius 1 is 1.39 bits per heavy atom. The zero-order chi connectivity index (χ0) is 13.8. The maximum Gasteiger partial charge on any atom is 0.321 e. The van der Waals surface area contributed by atoms with Gasteiger partial charge in [0.05, 0.1) is 5.75 Å². The minimum atomic E-state index is -3.61. The molecule has 1 aliphatic rings. The van der Waals surface area contributed by atoms with Crippen LogP contribution in [0.5, 0.6) is 0 Å². The fraction of sp³-hybridized carbons (Fsp3) is 0.800. The van der Waals surface area contributed by atoms with Crippen molar-refractivity contribution in [3.8, 4) is 0 Å². The van der Waals surface area contributed by atoms with E-state index in [1.165, 1.54) is 0 Å². The number of nitrogens with two attached hydrogens (primary N) is 1. The van der Waals surface area contributed by atoms with Gasteiger partial charge in [0.25, 0.3) is 0 Å². The summed E-state index contributed by atoms with van der Waals surface area (Å²) in [5, 5.41) is 8.86. The van der Waals surface area contributed by atoms with Crippen LogP contribution in [0.1, 0.15) is 32.1 Å². The zero-order valence-electron chi connectivity index (χ0n) is 9.96. The average Bonchev–Trinajstić information content (AvgIpc) is 3.04. The first-order valence-corrected chi connectivity index (χ1v) is 7.46. The van der Waals surface area contributed by atoms with Crippen molar-refractivity contribution in [2.75, 3.05) is 5.75 Å². The summed E-state index contributed by atoms with van der Waals surface area (Å²) in [5.74, 6) is -1.57. The highest BCUT2D eigenvalue weighted by molar-refractivity contribution is 7.89. The first-order chi connectivity index (χ1) is 8.30. The van der Waals surface area contributed by atoms with Gasteiger partial charge in [0, 0.05) is 6.42 Å². The van der Waals surface area contributed by atoms with Crippen molar-refractivity contribution in [2.45, 2.75) is 38.1 Å². The number of carboxylic acids is 1. The summed E-state index contributed by atoms with van der Waals surface area (Å²) in [4.78, 5) is 21.4. The van der Waals surface area contributed by atoms with Crippen molar-refractivity contribution in [1.29, 1.82) is 0 Å². The Bertz CT molecular complexity index is 416. The summed E-state index contributed by atoms with van der Waals surface area (Å²) in [6, 6.07) is -1.29. The third-order valence-corrected chi connectivity index (χ3v) is 4.21. The third kappa shape index (κ3) is 5.97. The molecule has 0 unspecified atom stereocenters. The molecule has 1 rings (SSSR count). The smallest absolute Gasteiger partial charge is 0.321 e. The van der Waals surface area contributed by atoms with Crippen molar-refractivity contribution in [1.82, 2.24) is 4.72 Å². The van der Waals surface area contributed by atoms with E-state index in [0.29, 0.717) is 12.3 Å². The van der Waals surface area contributed by atoms with E-state index in [9.17, 15) is 18.0 Å². The Labute approximate surface area is 106 Å². The van der Waals surface area contributed by atoms with E-state index in [4.69, 9.17) is 10.8 Å². The van der Waals surface area contributed by atoms with E-state index >= 15 is 0 Å². The third-order valence-electron chi connectivity index (χ3n) is 2.79. The van der Waals surface area contributed by atoms with Crippen LogP contribution in [-0.4, -0.2) is 37.2 Å². The molecular weight excluding hydrogens is 260 g/mol. The molecule has 0 bridgehead atoms. The number of rotatable bonds is 9. The summed E-state index contributed by atoms with van der Waals surface area (Å²) in [5.41, 5.74) is 4.90. The van der Waals surface area contributed by atoms with Crippen molar-refractivity contribution >= 4 is 21.9 Å². The van der Waals surface area contributed by atoms with Crippen LogP contribution < -0.4 is 10.5 Å². The molecule has 18 heavy (non-hydrogen) atoms. The van der Waals surface area contributed by atoms with E-state index in [1.54, 1.807) is 0 Å². The van der Waals surface area contributed by atoms with Crippen molar-refractivity contribution < 1.29 is 23.1 Å². The topological polar surface area (TPSA) is 127 Å². The Balaban J connectivity index is 2.46. The van der Waals surface area contributed by atoms with Gasteiger partial charge in [-0.25, -0.2) is 13.1 Å². The van der Waals surface area contributed by atoms with Crippen LogP contribution in [-0.2, 0) is 19.6 Å². The predicted octanol–water partition coefficient (Wildman–Crippen LogP) is -0.575. The van der Waals surface area contributed by atoms with Gasteiger partial charge in [0.15, 0.2) is 0 Å². The second kappa shape index (κ2) is 6.14. The summed E-state index contributed by atoms with van der Waals surface area (Å²) >= 11 is 0. The first kappa shape index (κ1) is 14.9. The van der Waals surface area contributed by atoms with Crippen molar-refractivity contribution in [3.05, 3.63) is 0 Å². The van der Waals surface area contributed by atoms with Crippen LogP contribution in [0.2, 0.25) is 0 Å². The van der Waals surface area contributed by atoms with Crippen molar-refractivity contribution in [2.24, 2.45) is 11.7 Å². The Morgan fingerprint density at radius 2 is 2.00 bits per heavy atom. The second-order valence-electron chi connectivity index (χ2n) is 4.56. The van der Waals surface area contributed by atoms with Crippen LogP contribution in [0.4, 0.5) is 0 Å². The molecule has 0 heterocycles. The molecular formula is C10H18N2O5S. The fourth-order valence-corrected chi connectivity index (χ4v) is 2.94. The van der Waals surface area contributed by atoms with Gasteiger partial charge < -0.3 is 10.8 Å². The van der Waals surface area contributed by atoms with E-state index in [1.807, 2.05) is 0 Å². The zero-order valence-corrected chi connectivity index (χ0v) is 10.8. The molecule has 0 spiro atoms. The number of sulfonamides is 1. The number of carbonyl (C=O) groups is 2. The van der Waals surface area contributed by atoms with Gasteiger partial charge in [-0.15, -0.1) is 0 Å². The van der Waals surface area contributed by atoms with E-state index in [0.717, 1.165) is 12.8 Å². The van der Waals surface area contributed by atoms with Crippen LogP contribution in [0.3, 0.4) is 0 Å². The summed E-state index contributed by atoms with van der Waals surface area (Å²) in [6.07, 6.45) is 2.34. The molecule has 0 radical (unpaired) electrons. The molecule has 4 N–H and O–H groups in total. The van der Waals surface area contributed by atoms with Crippen LogP contribution in [0.15, 0.2) is 0 Å². The van der Waals surface area contributed by atoms with E-state index in [2.05, 4.69) is 4.72 Å². The van der Waals surface area contributed by atoms with Gasteiger partial charge in [-0.05, 0) is 18.8 Å². The highest BCUT2D eigenvalue weighted by Crippen LogP contribution is 2.32. The van der Waals surface area contributed by atoms with Crippen LogP contribution in [0.25, 0.3) is 0 Å². The molecule has 1 saturated carbocycles.